The lowest BCUT2D eigenvalue weighted by Crippen LogP contribution is -2.07. The van der Waals surface area contributed by atoms with Crippen molar-refractivity contribution in [2.75, 3.05) is 0 Å². The molecule has 0 saturated carbocycles. The van der Waals surface area contributed by atoms with Crippen LogP contribution in [0.5, 0.6) is 0 Å². The van der Waals surface area contributed by atoms with Gasteiger partial charge in [0.25, 0.3) is 6.43 Å². The van der Waals surface area contributed by atoms with Gasteiger partial charge in [0.05, 0.1) is 16.3 Å². The van der Waals surface area contributed by atoms with Crippen molar-refractivity contribution in [3.05, 3.63) is 28.3 Å². The Hall–Kier alpha value is -0.810. The molecule has 0 aromatic carbocycles. The highest BCUT2D eigenvalue weighted by atomic mass is 35.5. The monoisotopic (exact) mass is 210 g/mol. The van der Waals surface area contributed by atoms with Crippen molar-refractivity contribution in [2.24, 2.45) is 5.73 Å². The van der Waals surface area contributed by atoms with Crippen LogP contribution >= 0.6 is 11.6 Å². The van der Waals surface area contributed by atoms with E-state index < -0.39 is 17.9 Å². The number of hydrogen-bond acceptors (Lipinski definition) is 2. The van der Waals surface area contributed by atoms with E-state index in [1.165, 1.54) is 0 Å². The number of nitrogens with zero attached hydrogens (tertiary/aromatic N) is 1. The first-order valence-electron chi connectivity index (χ1n) is 3.39. The Morgan fingerprint density at radius 1 is 1.54 bits per heavy atom. The zero-order chi connectivity index (χ0) is 10.0. The minimum atomic E-state index is -2.79. The van der Waals surface area contributed by atoms with Crippen LogP contribution in [-0.4, -0.2) is 4.98 Å². The molecule has 1 aromatic heterocycles. The first kappa shape index (κ1) is 10.3. The predicted octanol–water partition coefficient (Wildman–Crippen LogP) is 2.27. The van der Waals surface area contributed by atoms with Crippen LogP contribution in [0.4, 0.5) is 13.2 Å². The molecular formula is C7H6ClF3N2. The average molecular weight is 211 g/mol. The summed E-state index contributed by atoms with van der Waals surface area (Å²) in [6.07, 6.45) is -2.79. The van der Waals surface area contributed by atoms with E-state index >= 15 is 0 Å². The molecule has 0 amide bonds. The van der Waals surface area contributed by atoms with Gasteiger partial charge in [-0.3, -0.25) is 0 Å². The Bertz CT molecular complexity index is 317. The molecule has 2 nitrogen and oxygen atoms in total. The minimum absolute atomic E-state index is 0.208. The minimum Gasteiger partial charge on any atom is -0.325 e. The van der Waals surface area contributed by atoms with Crippen LogP contribution in [0.2, 0.25) is 5.02 Å². The fourth-order valence-electron chi connectivity index (χ4n) is 0.927. The summed E-state index contributed by atoms with van der Waals surface area (Å²) < 4.78 is 37.2. The van der Waals surface area contributed by atoms with Gasteiger partial charge in [-0.2, -0.15) is 4.39 Å². The van der Waals surface area contributed by atoms with Crippen molar-refractivity contribution < 1.29 is 13.2 Å². The van der Waals surface area contributed by atoms with Crippen molar-refractivity contribution in [1.82, 2.24) is 4.98 Å². The number of aromatic nitrogens is 1. The van der Waals surface area contributed by atoms with E-state index in [4.69, 9.17) is 17.3 Å². The van der Waals surface area contributed by atoms with Crippen LogP contribution in [-0.2, 0) is 6.54 Å². The molecule has 1 rings (SSSR count). The molecule has 2 N–H and O–H groups in total. The van der Waals surface area contributed by atoms with Gasteiger partial charge in [0.2, 0.25) is 5.95 Å². The third-order valence-electron chi connectivity index (χ3n) is 1.47. The normalized spacial score (nSPS) is 10.9. The SMILES string of the molecule is NCc1nc(F)cc(Cl)c1C(F)F. The number of pyridine rings is 1. The van der Waals surface area contributed by atoms with Crippen LogP contribution in [0.1, 0.15) is 17.7 Å². The van der Waals surface area contributed by atoms with Gasteiger partial charge in [-0.1, -0.05) is 11.6 Å². The van der Waals surface area contributed by atoms with Gasteiger partial charge in [0.1, 0.15) is 0 Å². The molecular weight excluding hydrogens is 205 g/mol. The molecule has 0 radical (unpaired) electrons. The Labute approximate surface area is 77.5 Å². The third-order valence-corrected chi connectivity index (χ3v) is 1.78. The maximum atomic E-state index is 12.6. The molecule has 13 heavy (non-hydrogen) atoms. The zero-order valence-electron chi connectivity index (χ0n) is 6.40. The van der Waals surface area contributed by atoms with E-state index in [0.717, 1.165) is 6.07 Å². The van der Waals surface area contributed by atoms with E-state index in [0.29, 0.717) is 0 Å². The summed E-state index contributed by atoms with van der Waals surface area (Å²) >= 11 is 5.39. The fraction of sp³-hybridized carbons (Fsp3) is 0.286. The fourth-order valence-corrected chi connectivity index (χ4v) is 1.21. The van der Waals surface area contributed by atoms with Gasteiger partial charge >= 0.3 is 0 Å². The summed E-state index contributed by atoms with van der Waals surface area (Å²) in [4.78, 5) is 3.22. The van der Waals surface area contributed by atoms with Crippen LogP contribution < -0.4 is 5.73 Å². The second kappa shape index (κ2) is 3.93. The molecule has 0 fully saturated rings. The standard InChI is InChI=1S/C7H6ClF3N2/c8-3-1-5(9)13-4(2-12)6(3)7(10)11/h1,7H,2,12H2. The summed E-state index contributed by atoms with van der Waals surface area (Å²) in [5.74, 6) is -0.908. The van der Waals surface area contributed by atoms with Gasteiger partial charge in [0, 0.05) is 12.6 Å². The molecule has 0 atom stereocenters. The third kappa shape index (κ3) is 2.10. The Kier molecular flexibility index (Phi) is 3.11. The average Bonchev–Trinajstić information content (AvgIpc) is 2.01. The summed E-state index contributed by atoms with van der Waals surface area (Å²) in [6.45, 7) is -0.267. The van der Waals surface area contributed by atoms with E-state index in [9.17, 15) is 13.2 Å². The second-order valence-corrected chi connectivity index (χ2v) is 2.70. The Balaban J connectivity index is 3.30. The number of alkyl halides is 2. The highest BCUT2D eigenvalue weighted by Crippen LogP contribution is 2.29. The van der Waals surface area contributed by atoms with Crippen molar-refractivity contribution in [1.29, 1.82) is 0 Å². The summed E-state index contributed by atoms with van der Waals surface area (Å²) in [5, 5.41) is -0.344. The first-order chi connectivity index (χ1) is 6.06. The Morgan fingerprint density at radius 2 is 2.15 bits per heavy atom. The number of rotatable bonds is 2. The smallest absolute Gasteiger partial charge is 0.267 e. The van der Waals surface area contributed by atoms with Gasteiger partial charge in [-0.25, -0.2) is 13.8 Å². The molecule has 0 aliphatic carbocycles. The lowest BCUT2D eigenvalue weighted by Gasteiger charge is -2.07. The Morgan fingerprint density at radius 3 is 2.62 bits per heavy atom. The summed E-state index contributed by atoms with van der Waals surface area (Å²) in [6, 6.07) is 0.738. The molecule has 0 bridgehead atoms. The largest absolute Gasteiger partial charge is 0.325 e. The highest BCUT2D eigenvalue weighted by Gasteiger charge is 2.18. The second-order valence-electron chi connectivity index (χ2n) is 2.29. The summed E-state index contributed by atoms with van der Waals surface area (Å²) in [7, 11) is 0. The van der Waals surface area contributed by atoms with E-state index in [-0.39, 0.29) is 17.3 Å². The van der Waals surface area contributed by atoms with Gasteiger partial charge in [-0.05, 0) is 0 Å². The van der Waals surface area contributed by atoms with E-state index in [2.05, 4.69) is 4.98 Å². The lowest BCUT2D eigenvalue weighted by molar-refractivity contribution is 0.149. The van der Waals surface area contributed by atoms with Gasteiger partial charge < -0.3 is 5.73 Å². The van der Waals surface area contributed by atoms with Crippen molar-refractivity contribution in [3.8, 4) is 0 Å². The molecule has 0 saturated heterocycles. The van der Waals surface area contributed by atoms with Crippen molar-refractivity contribution in [3.63, 3.8) is 0 Å². The topological polar surface area (TPSA) is 38.9 Å². The van der Waals surface area contributed by atoms with Crippen LogP contribution in [0, 0.1) is 5.95 Å². The van der Waals surface area contributed by atoms with Gasteiger partial charge in [0.15, 0.2) is 0 Å². The molecule has 72 valence electrons. The number of nitrogens with two attached hydrogens (primary N) is 1. The molecule has 1 heterocycles. The van der Waals surface area contributed by atoms with Crippen LogP contribution in [0.15, 0.2) is 6.07 Å². The molecule has 0 aliphatic rings. The number of hydrogen-bond donors (Lipinski definition) is 1. The number of halogens is 4. The summed E-state index contributed by atoms with van der Waals surface area (Å²) in [5.41, 5.74) is 4.40. The molecule has 0 aliphatic heterocycles. The maximum absolute atomic E-state index is 12.6. The predicted molar refractivity (Wildman–Crippen MR) is 42.1 cm³/mol. The first-order valence-corrected chi connectivity index (χ1v) is 3.77. The molecule has 0 unspecified atom stereocenters. The van der Waals surface area contributed by atoms with E-state index in [1.54, 1.807) is 0 Å². The molecule has 1 aromatic rings. The molecule has 0 spiro atoms. The molecule has 6 heteroatoms. The van der Waals surface area contributed by atoms with Crippen molar-refractivity contribution in [2.45, 2.75) is 13.0 Å². The van der Waals surface area contributed by atoms with Crippen LogP contribution in [0.3, 0.4) is 0 Å². The van der Waals surface area contributed by atoms with Crippen molar-refractivity contribution >= 4 is 11.6 Å². The highest BCUT2D eigenvalue weighted by molar-refractivity contribution is 6.31. The lowest BCUT2D eigenvalue weighted by atomic mass is 10.2. The quantitative estimate of drug-likeness (QED) is 0.761. The van der Waals surface area contributed by atoms with Gasteiger partial charge in [-0.15, -0.1) is 0 Å². The van der Waals surface area contributed by atoms with Crippen LogP contribution in [0.25, 0.3) is 0 Å². The zero-order valence-corrected chi connectivity index (χ0v) is 7.15. The maximum Gasteiger partial charge on any atom is 0.267 e. The van der Waals surface area contributed by atoms with E-state index in [1.807, 2.05) is 0 Å².